The summed E-state index contributed by atoms with van der Waals surface area (Å²) in [6.07, 6.45) is 3.78. The minimum absolute atomic E-state index is 0.662. The molecule has 1 rings (SSSR count). The van der Waals surface area contributed by atoms with Crippen LogP contribution in [-0.2, 0) is 18.9 Å². The number of hydrogen-bond acceptors (Lipinski definition) is 4. The average molecular weight is 414 g/mol. The summed E-state index contributed by atoms with van der Waals surface area (Å²) < 4.78 is 24.7. The Bertz CT molecular complexity index is 232. The predicted octanol–water partition coefficient (Wildman–Crippen LogP) is 0.309. The van der Waals surface area contributed by atoms with Gasteiger partial charge in [-0.05, 0) is 0 Å². The molecule has 20 heavy (non-hydrogen) atoms. The van der Waals surface area contributed by atoms with Gasteiger partial charge >= 0.3 is 137 Å². The fourth-order valence-corrected chi connectivity index (χ4v) is 2.34. The molecule has 1 heterocycles. The van der Waals surface area contributed by atoms with Crippen LogP contribution in [0.2, 0.25) is 0 Å². The van der Waals surface area contributed by atoms with Crippen molar-refractivity contribution in [2.24, 2.45) is 0 Å². The molecule has 6 heteroatoms. The summed E-state index contributed by atoms with van der Waals surface area (Å²) in [5.41, 5.74) is 0. The molecule has 1 aliphatic rings. The molecule has 1 aliphatic heterocycles. The van der Waals surface area contributed by atoms with Crippen LogP contribution in [0, 0.1) is 0 Å². The van der Waals surface area contributed by atoms with Crippen LogP contribution in [0.1, 0.15) is 25.7 Å². The van der Waals surface area contributed by atoms with Crippen LogP contribution in [0.4, 0.5) is 0 Å². The third-order valence-corrected chi connectivity index (χ3v) is 4.56. The van der Waals surface area contributed by atoms with Crippen molar-refractivity contribution in [1.29, 1.82) is 0 Å². The Morgan fingerprint density at radius 2 is 0.700 bits per heavy atom. The number of hydrogen-bond donors (Lipinski definition) is 0. The van der Waals surface area contributed by atoms with Gasteiger partial charge in [0.2, 0.25) is 0 Å². The summed E-state index contributed by atoms with van der Waals surface area (Å²) in [6, 6.07) is 0. The molecule has 0 spiro atoms. The first-order valence-electron chi connectivity index (χ1n) is 7.13. The topological polar surface area (TPSA) is 36.9 Å². The molecule has 1 saturated heterocycles. The maximum absolute atomic E-state index is 5.54. The van der Waals surface area contributed by atoms with Gasteiger partial charge in [0.1, 0.15) is 0 Å². The molecule has 116 valence electrons. The van der Waals surface area contributed by atoms with Gasteiger partial charge in [-0.15, -0.1) is 0 Å². The van der Waals surface area contributed by atoms with Crippen molar-refractivity contribution in [2.45, 2.75) is 25.7 Å². The summed E-state index contributed by atoms with van der Waals surface area (Å²) in [6.45, 7) is 5.62. The molecule has 0 aromatic heterocycles. The van der Waals surface area contributed by atoms with Crippen molar-refractivity contribution in [2.75, 3.05) is 52.9 Å². The Hall–Kier alpha value is 0.619. The first-order chi connectivity index (χ1) is 9.79. The van der Waals surface area contributed by atoms with Crippen LogP contribution < -0.4 is 0 Å². The third kappa shape index (κ3) is 11.3. The van der Waals surface area contributed by atoms with Gasteiger partial charge in [-0.25, -0.2) is 0 Å². The maximum atomic E-state index is 5.54. The van der Waals surface area contributed by atoms with E-state index in [1.54, 1.807) is 0 Å². The standard InChI is InChI=1S/C14H24O4Se2/c19-13-1-5-15-9-10-17-7-3-14(20)4-8-18-12-11-16-6-2-13/h1-12H2. The summed E-state index contributed by atoms with van der Waals surface area (Å²) >= 11 is 6.18. The summed E-state index contributed by atoms with van der Waals surface area (Å²) in [7, 11) is 0. The molecule has 0 saturated carbocycles. The molecule has 0 N–H and O–H groups in total. The Morgan fingerprint density at radius 1 is 0.450 bits per heavy atom. The first-order valence-corrected chi connectivity index (χ1v) is 8.84. The van der Waals surface area contributed by atoms with E-state index in [2.05, 4.69) is 31.2 Å². The molecule has 0 amide bonds. The third-order valence-electron chi connectivity index (χ3n) is 2.84. The van der Waals surface area contributed by atoms with Gasteiger partial charge in [0.05, 0.1) is 0 Å². The first kappa shape index (κ1) is 18.7. The van der Waals surface area contributed by atoms with E-state index in [4.69, 9.17) is 18.9 Å². The van der Waals surface area contributed by atoms with Gasteiger partial charge in [0, 0.05) is 0 Å². The van der Waals surface area contributed by atoms with E-state index in [1.165, 1.54) is 8.83 Å². The fraction of sp³-hybridized carbons (Fsp3) is 0.857. The second-order valence-electron chi connectivity index (χ2n) is 4.53. The molecule has 1 fully saturated rings. The molecule has 4 nitrogen and oxygen atoms in total. The van der Waals surface area contributed by atoms with E-state index >= 15 is 0 Å². The van der Waals surface area contributed by atoms with E-state index in [-0.39, 0.29) is 0 Å². The molecule has 0 unspecified atom stereocenters. The van der Waals surface area contributed by atoms with Crippen LogP contribution in [0.15, 0.2) is 0 Å². The van der Waals surface area contributed by atoms with Gasteiger partial charge in [-0.2, -0.15) is 0 Å². The Balaban J connectivity index is 2.19. The zero-order chi connectivity index (χ0) is 14.5. The van der Waals surface area contributed by atoms with E-state index < -0.39 is 0 Å². The van der Waals surface area contributed by atoms with Crippen molar-refractivity contribution in [3.05, 3.63) is 0 Å². The summed E-state index contributed by atoms with van der Waals surface area (Å²) in [5, 5.41) is 0. The quantitative estimate of drug-likeness (QED) is 0.535. The Labute approximate surface area is 137 Å². The van der Waals surface area contributed by atoms with Crippen molar-refractivity contribution in [3.8, 4) is 0 Å². The van der Waals surface area contributed by atoms with Gasteiger partial charge in [0.15, 0.2) is 0 Å². The summed E-state index contributed by atoms with van der Waals surface area (Å²) in [4.78, 5) is 0. The average Bonchev–Trinajstić information content (AvgIpc) is 2.43. The van der Waals surface area contributed by atoms with E-state index in [9.17, 15) is 0 Å². The van der Waals surface area contributed by atoms with E-state index in [0.717, 1.165) is 52.1 Å². The number of rotatable bonds is 0. The molecule has 0 aromatic carbocycles. The fourth-order valence-electron chi connectivity index (χ4n) is 1.64. The normalized spacial score (nSPS) is 23.0. The van der Waals surface area contributed by atoms with Crippen LogP contribution >= 0.6 is 0 Å². The molecule has 0 atom stereocenters. The van der Waals surface area contributed by atoms with Gasteiger partial charge in [-0.3, -0.25) is 0 Å². The van der Waals surface area contributed by atoms with Gasteiger partial charge < -0.3 is 0 Å². The summed E-state index contributed by atoms with van der Waals surface area (Å²) in [5.74, 6) is 0. The van der Waals surface area contributed by atoms with Gasteiger partial charge in [-0.1, -0.05) is 0 Å². The molecular formula is C14H24O4Se2. The Kier molecular flexibility index (Phi) is 12.4. The van der Waals surface area contributed by atoms with Crippen molar-refractivity contribution in [3.63, 3.8) is 0 Å². The van der Waals surface area contributed by atoms with E-state index in [0.29, 0.717) is 26.4 Å². The molecular weight excluding hydrogens is 390 g/mol. The monoisotopic (exact) mass is 416 g/mol. The molecule has 0 bridgehead atoms. The van der Waals surface area contributed by atoms with Gasteiger partial charge in [0.25, 0.3) is 0 Å². The number of ether oxygens (including phenoxy) is 4. The molecule has 0 radical (unpaired) electrons. The second kappa shape index (κ2) is 13.3. The molecule has 0 aromatic rings. The van der Waals surface area contributed by atoms with Crippen molar-refractivity contribution in [1.82, 2.24) is 0 Å². The zero-order valence-corrected chi connectivity index (χ0v) is 15.4. The zero-order valence-electron chi connectivity index (χ0n) is 11.9. The SMILES string of the molecule is [Se]=C1CCOCCOCCC(=[Se])CCOCCOCC1. The van der Waals surface area contributed by atoms with Crippen molar-refractivity contribution >= 4 is 40.0 Å². The van der Waals surface area contributed by atoms with Crippen LogP contribution in [-0.4, -0.2) is 92.8 Å². The predicted molar refractivity (Wildman–Crippen MR) is 83.3 cm³/mol. The Morgan fingerprint density at radius 3 is 0.950 bits per heavy atom. The minimum atomic E-state index is 0.662. The van der Waals surface area contributed by atoms with Crippen LogP contribution in [0.3, 0.4) is 0 Å². The van der Waals surface area contributed by atoms with E-state index in [1.807, 2.05) is 0 Å². The van der Waals surface area contributed by atoms with Crippen LogP contribution in [0.25, 0.3) is 0 Å². The molecule has 0 aliphatic carbocycles. The van der Waals surface area contributed by atoms with Crippen molar-refractivity contribution < 1.29 is 18.9 Å². The van der Waals surface area contributed by atoms with Crippen LogP contribution in [0.5, 0.6) is 0 Å². The second-order valence-corrected chi connectivity index (χ2v) is 6.95.